The van der Waals surface area contributed by atoms with Gasteiger partial charge in [-0.05, 0) is 48.5 Å². The van der Waals surface area contributed by atoms with Crippen LogP contribution in [0.4, 0.5) is 14.5 Å². The summed E-state index contributed by atoms with van der Waals surface area (Å²) in [5.41, 5.74) is 0.362. The molecule has 0 atom stereocenters. The number of hydrogen-bond donors (Lipinski definition) is 1. The molecule has 0 spiro atoms. The van der Waals surface area contributed by atoms with E-state index in [9.17, 15) is 18.4 Å². The molecule has 5 nitrogen and oxygen atoms in total. The summed E-state index contributed by atoms with van der Waals surface area (Å²) in [5.74, 6) is -1.97. The predicted octanol–water partition coefficient (Wildman–Crippen LogP) is 3.63. The van der Waals surface area contributed by atoms with Crippen LogP contribution in [-0.2, 0) is 0 Å². The van der Waals surface area contributed by atoms with Crippen molar-refractivity contribution in [1.82, 2.24) is 5.32 Å². The van der Waals surface area contributed by atoms with Crippen molar-refractivity contribution >= 4 is 17.5 Å². The molecule has 3 aromatic rings. The second-order valence-corrected chi connectivity index (χ2v) is 5.65. The fourth-order valence-corrected chi connectivity index (χ4v) is 2.52. The van der Waals surface area contributed by atoms with Gasteiger partial charge < -0.3 is 14.6 Å². The molecule has 0 aliphatic heterocycles. The van der Waals surface area contributed by atoms with Crippen molar-refractivity contribution in [2.24, 2.45) is 0 Å². The van der Waals surface area contributed by atoms with E-state index in [-0.39, 0.29) is 24.4 Å². The minimum atomic E-state index is -0.628. The van der Waals surface area contributed by atoms with Gasteiger partial charge in [0.25, 0.3) is 11.8 Å². The Morgan fingerprint density at radius 2 is 1.70 bits per heavy atom. The Labute approximate surface area is 154 Å². The van der Waals surface area contributed by atoms with Crippen molar-refractivity contribution in [3.63, 3.8) is 0 Å². The van der Waals surface area contributed by atoms with Gasteiger partial charge in [-0.25, -0.2) is 8.78 Å². The van der Waals surface area contributed by atoms with Gasteiger partial charge in [0, 0.05) is 18.8 Å². The summed E-state index contributed by atoms with van der Waals surface area (Å²) < 4.78 is 32.0. The van der Waals surface area contributed by atoms with E-state index in [4.69, 9.17) is 4.42 Å². The lowest BCUT2D eigenvalue weighted by Gasteiger charge is -2.22. The molecule has 1 N–H and O–H groups in total. The monoisotopic (exact) mass is 370 g/mol. The molecule has 1 aromatic heterocycles. The van der Waals surface area contributed by atoms with Crippen LogP contribution < -0.4 is 10.2 Å². The molecule has 27 heavy (non-hydrogen) atoms. The number of anilines is 1. The average molecular weight is 370 g/mol. The summed E-state index contributed by atoms with van der Waals surface area (Å²) in [6.45, 7) is 0.155. The molecule has 0 aliphatic rings. The molecule has 0 fully saturated rings. The maximum Gasteiger partial charge on any atom is 0.294 e. The van der Waals surface area contributed by atoms with Gasteiger partial charge in [0.15, 0.2) is 5.76 Å². The number of nitrogens with zero attached hydrogens (tertiary/aromatic N) is 1. The normalized spacial score (nSPS) is 10.4. The predicted molar refractivity (Wildman–Crippen MR) is 95.5 cm³/mol. The van der Waals surface area contributed by atoms with Gasteiger partial charge >= 0.3 is 0 Å². The van der Waals surface area contributed by atoms with Crippen molar-refractivity contribution in [3.05, 3.63) is 89.9 Å². The lowest BCUT2D eigenvalue weighted by Crippen LogP contribution is -2.38. The average Bonchev–Trinajstić information content (AvgIpc) is 3.21. The largest absolute Gasteiger partial charge is 0.459 e. The number of rotatable bonds is 6. The van der Waals surface area contributed by atoms with E-state index in [1.165, 1.54) is 59.7 Å². The van der Waals surface area contributed by atoms with Crippen molar-refractivity contribution in [1.29, 1.82) is 0 Å². The third-order valence-corrected chi connectivity index (χ3v) is 3.85. The Morgan fingerprint density at radius 3 is 2.37 bits per heavy atom. The quantitative estimate of drug-likeness (QED) is 0.721. The van der Waals surface area contributed by atoms with Gasteiger partial charge in [-0.1, -0.05) is 12.1 Å². The number of furan rings is 1. The SMILES string of the molecule is O=C(NCCN(C(=O)c1ccco1)c1ccc(F)cc1)c1ccccc1F. The summed E-state index contributed by atoms with van der Waals surface area (Å²) in [6, 6.07) is 14.1. The third kappa shape index (κ3) is 4.38. The first-order chi connectivity index (χ1) is 13.1. The van der Waals surface area contributed by atoms with Gasteiger partial charge in [0.2, 0.25) is 0 Å². The van der Waals surface area contributed by atoms with E-state index in [2.05, 4.69) is 5.32 Å². The maximum absolute atomic E-state index is 13.7. The van der Waals surface area contributed by atoms with Gasteiger partial charge in [-0.3, -0.25) is 9.59 Å². The minimum absolute atomic E-state index is 0.0665. The van der Waals surface area contributed by atoms with Crippen molar-refractivity contribution < 1.29 is 22.8 Å². The number of carbonyl (C=O) groups excluding carboxylic acids is 2. The Hall–Kier alpha value is -3.48. The van der Waals surface area contributed by atoms with Crippen LogP contribution in [0.5, 0.6) is 0 Å². The fourth-order valence-electron chi connectivity index (χ4n) is 2.52. The molecule has 2 aromatic carbocycles. The van der Waals surface area contributed by atoms with Gasteiger partial charge in [-0.15, -0.1) is 0 Å². The Kier molecular flexibility index (Phi) is 5.61. The second-order valence-electron chi connectivity index (χ2n) is 5.65. The molecular formula is C20H16F2N2O3. The van der Waals surface area contributed by atoms with Crippen LogP contribution in [0.15, 0.2) is 71.3 Å². The van der Waals surface area contributed by atoms with E-state index in [1.807, 2.05) is 0 Å². The highest BCUT2D eigenvalue weighted by molar-refractivity contribution is 6.04. The summed E-state index contributed by atoms with van der Waals surface area (Å²) >= 11 is 0. The van der Waals surface area contributed by atoms with E-state index >= 15 is 0 Å². The fraction of sp³-hybridized carbons (Fsp3) is 0.100. The highest BCUT2D eigenvalue weighted by Gasteiger charge is 2.20. The van der Waals surface area contributed by atoms with Gasteiger partial charge in [0.05, 0.1) is 11.8 Å². The Balaban J connectivity index is 1.72. The highest BCUT2D eigenvalue weighted by Crippen LogP contribution is 2.18. The van der Waals surface area contributed by atoms with Crippen LogP contribution in [0.2, 0.25) is 0 Å². The first kappa shape index (κ1) is 18.3. The molecule has 0 saturated carbocycles. The van der Waals surface area contributed by atoms with Crippen molar-refractivity contribution in [3.8, 4) is 0 Å². The summed E-state index contributed by atoms with van der Waals surface area (Å²) in [7, 11) is 0. The van der Waals surface area contributed by atoms with E-state index < -0.39 is 23.4 Å². The molecule has 1 heterocycles. The van der Waals surface area contributed by atoms with Crippen LogP contribution in [0.1, 0.15) is 20.9 Å². The Bertz CT molecular complexity index is 925. The molecule has 3 rings (SSSR count). The topological polar surface area (TPSA) is 62.6 Å². The molecule has 0 unspecified atom stereocenters. The maximum atomic E-state index is 13.7. The van der Waals surface area contributed by atoms with Crippen LogP contribution in [0.25, 0.3) is 0 Å². The highest BCUT2D eigenvalue weighted by atomic mass is 19.1. The smallest absolute Gasteiger partial charge is 0.294 e. The zero-order valence-electron chi connectivity index (χ0n) is 14.2. The molecule has 0 aliphatic carbocycles. The summed E-state index contributed by atoms with van der Waals surface area (Å²) in [6.07, 6.45) is 1.37. The van der Waals surface area contributed by atoms with E-state index in [0.29, 0.717) is 5.69 Å². The minimum Gasteiger partial charge on any atom is -0.459 e. The molecule has 7 heteroatoms. The third-order valence-electron chi connectivity index (χ3n) is 3.85. The lowest BCUT2D eigenvalue weighted by atomic mass is 10.2. The number of nitrogens with one attached hydrogen (secondary N) is 1. The lowest BCUT2D eigenvalue weighted by molar-refractivity contribution is 0.0932. The number of carbonyl (C=O) groups is 2. The molecule has 138 valence electrons. The van der Waals surface area contributed by atoms with E-state index in [1.54, 1.807) is 12.1 Å². The standard InChI is InChI=1S/C20H16F2N2O3/c21-14-7-9-15(10-8-14)24(20(26)18-6-3-13-27-18)12-11-23-19(25)16-4-1-2-5-17(16)22/h1-10,13H,11-12H2,(H,23,25). The first-order valence-electron chi connectivity index (χ1n) is 8.20. The zero-order chi connectivity index (χ0) is 19.2. The van der Waals surface area contributed by atoms with Gasteiger partial charge in [0.1, 0.15) is 11.6 Å². The number of amides is 2. The van der Waals surface area contributed by atoms with Crippen LogP contribution in [-0.4, -0.2) is 24.9 Å². The van der Waals surface area contributed by atoms with E-state index in [0.717, 1.165) is 0 Å². The molecule has 0 radical (unpaired) electrons. The molecule has 0 saturated heterocycles. The second kappa shape index (κ2) is 8.27. The van der Waals surface area contributed by atoms with Crippen molar-refractivity contribution in [2.75, 3.05) is 18.0 Å². The molecular weight excluding hydrogens is 354 g/mol. The zero-order valence-corrected chi connectivity index (χ0v) is 14.2. The number of halogens is 2. The molecule has 2 amide bonds. The summed E-state index contributed by atoms with van der Waals surface area (Å²) in [4.78, 5) is 26.1. The van der Waals surface area contributed by atoms with Crippen LogP contribution >= 0.6 is 0 Å². The summed E-state index contributed by atoms with van der Waals surface area (Å²) in [5, 5.41) is 2.57. The number of hydrogen-bond acceptors (Lipinski definition) is 3. The Morgan fingerprint density at radius 1 is 0.963 bits per heavy atom. The number of benzene rings is 2. The van der Waals surface area contributed by atoms with Crippen molar-refractivity contribution in [2.45, 2.75) is 0 Å². The first-order valence-corrected chi connectivity index (χ1v) is 8.20. The molecule has 0 bridgehead atoms. The van der Waals surface area contributed by atoms with Crippen LogP contribution in [0.3, 0.4) is 0 Å². The van der Waals surface area contributed by atoms with Crippen LogP contribution in [0, 0.1) is 11.6 Å². The van der Waals surface area contributed by atoms with Gasteiger partial charge in [-0.2, -0.15) is 0 Å².